The van der Waals surface area contributed by atoms with Crippen LogP contribution in [0, 0.1) is 0 Å². The molecule has 0 saturated carbocycles. The highest BCUT2D eigenvalue weighted by Gasteiger charge is 2.17. The van der Waals surface area contributed by atoms with Gasteiger partial charge >= 0.3 is 5.69 Å². The average molecular weight is 295 g/mol. The molecule has 20 heavy (non-hydrogen) atoms. The second kappa shape index (κ2) is 6.15. The van der Waals surface area contributed by atoms with Crippen molar-refractivity contribution in [1.29, 1.82) is 0 Å². The topological polar surface area (TPSA) is 80.1 Å². The first-order valence-corrected chi connectivity index (χ1v) is 7.08. The number of aliphatic hydroxyl groups excluding tert-OH is 1. The van der Waals surface area contributed by atoms with E-state index in [9.17, 15) is 9.90 Å². The van der Waals surface area contributed by atoms with Crippen LogP contribution in [0.5, 0.6) is 5.75 Å². The molecule has 0 aliphatic heterocycles. The maximum absolute atomic E-state index is 11.6. The van der Waals surface area contributed by atoms with E-state index in [-0.39, 0.29) is 5.69 Å². The maximum atomic E-state index is 11.6. The van der Waals surface area contributed by atoms with E-state index in [2.05, 4.69) is 10.2 Å². The first kappa shape index (κ1) is 14.7. The van der Waals surface area contributed by atoms with E-state index in [1.54, 1.807) is 20.1 Å². The Bertz CT molecular complexity index is 649. The maximum Gasteiger partial charge on any atom is 0.343 e. The third-order valence-corrected chi connectivity index (χ3v) is 3.97. The lowest BCUT2D eigenvalue weighted by atomic mass is 10.1. The molecule has 0 aliphatic rings. The second-order valence-corrected chi connectivity index (χ2v) is 5.21. The zero-order valence-corrected chi connectivity index (χ0v) is 12.4. The van der Waals surface area contributed by atoms with Crippen molar-refractivity contribution < 1.29 is 9.84 Å². The molecule has 1 aromatic heterocycles. The minimum atomic E-state index is -0.672. The van der Waals surface area contributed by atoms with Crippen LogP contribution in [-0.2, 0) is 6.54 Å². The molecule has 2 N–H and O–H groups in total. The summed E-state index contributed by atoms with van der Waals surface area (Å²) in [6.07, 6.45) is -0.672. The standard InChI is InChI=1S/C13H17N3O3S/c1-4-16-12(18)14-15-13(16)20-10-7-5-6-9(19-3)11(10)8(2)17/h5-8,17H,4H2,1-3H3,(H,14,18). The summed E-state index contributed by atoms with van der Waals surface area (Å²) < 4.78 is 6.81. The summed E-state index contributed by atoms with van der Waals surface area (Å²) in [4.78, 5) is 12.4. The van der Waals surface area contributed by atoms with E-state index in [1.807, 2.05) is 19.1 Å². The van der Waals surface area contributed by atoms with Crippen molar-refractivity contribution in [2.75, 3.05) is 7.11 Å². The number of nitrogens with one attached hydrogen (secondary N) is 1. The Morgan fingerprint density at radius 2 is 2.30 bits per heavy atom. The Balaban J connectivity index is 2.45. The molecule has 2 aromatic rings. The minimum Gasteiger partial charge on any atom is -0.496 e. The zero-order chi connectivity index (χ0) is 14.7. The van der Waals surface area contributed by atoms with Crippen molar-refractivity contribution in [3.63, 3.8) is 0 Å². The first-order chi connectivity index (χ1) is 9.58. The van der Waals surface area contributed by atoms with Gasteiger partial charge in [-0.1, -0.05) is 6.07 Å². The van der Waals surface area contributed by atoms with Crippen molar-refractivity contribution in [2.24, 2.45) is 0 Å². The lowest BCUT2D eigenvalue weighted by Gasteiger charge is -2.15. The van der Waals surface area contributed by atoms with E-state index >= 15 is 0 Å². The Labute approximate surface area is 120 Å². The number of H-pyrrole nitrogens is 1. The number of rotatable bonds is 5. The van der Waals surface area contributed by atoms with Gasteiger partial charge in [-0.2, -0.15) is 0 Å². The normalized spacial score (nSPS) is 12.4. The molecule has 1 unspecified atom stereocenters. The summed E-state index contributed by atoms with van der Waals surface area (Å²) in [7, 11) is 1.56. The van der Waals surface area contributed by atoms with E-state index in [1.165, 1.54) is 16.3 Å². The van der Waals surface area contributed by atoms with Crippen LogP contribution in [0.3, 0.4) is 0 Å². The van der Waals surface area contributed by atoms with Gasteiger partial charge in [-0.05, 0) is 37.7 Å². The number of nitrogens with zero attached hydrogens (tertiary/aromatic N) is 2. The summed E-state index contributed by atoms with van der Waals surface area (Å²) in [5.41, 5.74) is 0.453. The fourth-order valence-corrected chi connectivity index (χ4v) is 3.10. The lowest BCUT2D eigenvalue weighted by Crippen LogP contribution is -2.16. The number of aliphatic hydroxyl groups is 1. The predicted molar refractivity (Wildman–Crippen MR) is 76.3 cm³/mol. The fourth-order valence-electron chi connectivity index (χ4n) is 1.96. The molecular weight excluding hydrogens is 278 g/mol. The number of methoxy groups -OCH3 is 1. The van der Waals surface area contributed by atoms with Crippen molar-refractivity contribution in [1.82, 2.24) is 14.8 Å². The van der Waals surface area contributed by atoms with Crippen molar-refractivity contribution in [2.45, 2.75) is 36.5 Å². The third kappa shape index (κ3) is 2.73. The summed E-state index contributed by atoms with van der Waals surface area (Å²) in [5.74, 6) is 0.617. The third-order valence-electron chi connectivity index (χ3n) is 2.90. The van der Waals surface area contributed by atoms with Gasteiger partial charge in [0.25, 0.3) is 0 Å². The molecule has 0 aliphatic carbocycles. The lowest BCUT2D eigenvalue weighted by molar-refractivity contribution is 0.191. The van der Waals surface area contributed by atoms with Gasteiger partial charge in [0.05, 0.1) is 13.2 Å². The highest BCUT2D eigenvalue weighted by molar-refractivity contribution is 7.99. The highest BCUT2D eigenvalue weighted by Crippen LogP contribution is 2.37. The molecule has 1 aromatic carbocycles. The molecule has 0 spiro atoms. The van der Waals surface area contributed by atoms with Gasteiger partial charge in [0, 0.05) is 17.0 Å². The van der Waals surface area contributed by atoms with Crippen molar-refractivity contribution in [3.8, 4) is 5.75 Å². The molecule has 108 valence electrons. The number of ether oxygens (including phenoxy) is 1. The van der Waals surface area contributed by atoms with Crippen LogP contribution in [-0.4, -0.2) is 27.0 Å². The Morgan fingerprint density at radius 1 is 1.55 bits per heavy atom. The van der Waals surface area contributed by atoms with E-state index in [0.717, 1.165) is 4.90 Å². The molecular formula is C13H17N3O3S. The van der Waals surface area contributed by atoms with Crippen LogP contribution in [0.15, 0.2) is 33.0 Å². The Kier molecular flexibility index (Phi) is 4.51. The van der Waals surface area contributed by atoms with Crippen LogP contribution >= 0.6 is 11.8 Å². The summed E-state index contributed by atoms with van der Waals surface area (Å²) >= 11 is 1.32. The first-order valence-electron chi connectivity index (χ1n) is 6.26. The van der Waals surface area contributed by atoms with E-state index in [4.69, 9.17) is 4.74 Å². The van der Waals surface area contributed by atoms with Gasteiger partial charge in [0.15, 0.2) is 5.16 Å². The van der Waals surface area contributed by atoms with Gasteiger partial charge < -0.3 is 9.84 Å². The highest BCUT2D eigenvalue weighted by atomic mass is 32.2. The van der Waals surface area contributed by atoms with Crippen LogP contribution in [0.1, 0.15) is 25.5 Å². The van der Waals surface area contributed by atoms with E-state index < -0.39 is 6.10 Å². The molecule has 6 nitrogen and oxygen atoms in total. The van der Waals surface area contributed by atoms with Crippen LogP contribution in [0.2, 0.25) is 0 Å². The molecule has 0 saturated heterocycles. The minimum absolute atomic E-state index is 0.239. The fraction of sp³-hybridized carbons (Fsp3) is 0.385. The van der Waals surface area contributed by atoms with Gasteiger partial charge in [-0.3, -0.25) is 4.57 Å². The molecule has 1 atom stereocenters. The van der Waals surface area contributed by atoms with Gasteiger partial charge in [0.1, 0.15) is 5.75 Å². The smallest absolute Gasteiger partial charge is 0.343 e. The van der Waals surface area contributed by atoms with Gasteiger partial charge in [-0.15, -0.1) is 5.10 Å². The number of aromatic amines is 1. The molecule has 7 heteroatoms. The molecule has 0 fully saturated rings. The van der Waals surface area contributed by atoms with Crippen molar-refractivity contribution >= 4 is 11.8 Å². The van der Waals surface area contributed by atoms with Crippen LogP contribution < -0.4 is 10.4 Å². The number of hydrogen-bond donors (Lipinski definition) is 2. The number of benzene rings is 1. The SMILES string of the molecule is CCn1c(Sc2cccc(OC)c2C(C)O)n[nH]c1=O. The molecule has 0 amide bonds. The zero-order valence-electron chi connectivity index (χ0n) is 11.6. The summed E-state index contributed by atoms with van der Waals surface area (Å²) in [6, 6.07) is 5.51. The number of aromatic nitrogens is 3. The number of hydrogen-bond acceptors (Lipinski definition) is 5. The largest absolute Gasteiger partial charge is 0.496 e. The Hall–Kier alpha value is -1.73. The molecule has 1 heterocycles. The second-order valence-electron chi connectivity index (χ2n) is 4.21. The van der Waals surface area contributed by atoms with Gasteiger partial charge in [-0.25, -0.2) is 9.89 Å². The van der Waals surface area contributed by atoms with Gasteiger partial charge in [0.2, 0.25) is 0 Å². The predicted octanol–water partition coefficient (Wildman–Crippen LogP) is 1.80. The summed E-state index contributed by atoms with van der Waals surface area (Å²) in [5, 5.41) is 16.9. The Morgan fingerprint density at radius 3 is 2.90 bits per heavy atom. The monoisotopic (exact) mass is 295 g/mol. The van der Waals surface area contributed by atoms with Crippen LogP contribution in [0.4, 0.5) is 0 Å². The molecule has 0 bridgehead atoms. The molecule has 0 radical (unpaired) electrons. The summed E-state index contributed by atoms with van der Waals surface area (Å²) in [6.45, 7) is 4.09. The quantitative estimate of drug-likeness (QED) is 0.879. The van der Waals surface area contributed by atoms with E-state index in [0.29, 0.717) is 23.0 Å². The molecule has 2 rings (SSSR count). The average Bonchev–Trinajstić information content (AvgIpc) is 2.78. The van der Waals surface area contributed by atoms with Crippen molar-refractivity contribution in [3.05, 3.63) is 34.2 Å². The van der Waals surface area contributed by atoms with Crippen LogP contribution in [0.25, 0.3) is 0 Å².